The van der Waals surface area contributed by atoms with Crippen molar-refractivity contribution in [1.29, 1.82) is 0 Å². The van der Waals surface area contributed by atoms with Gasteiger partial charge >= 0.3 is 0 Å². The summed E-state index contributed by atoms with van der Waals surface area (Å²) in [7, 11) is 0. The lowest BCUT2D eigenvalue weighted by Crippen LogP contribution is -2.61. The molecule has 0 radical (unpaired) electrons. The van der Waals surface area contributed by atoms with Crippen LogP contribution in [0.3, 0.4) is 0 Å². The van der Waals surface area contributed by atoms with Gasteiger partial charge in [-0.1, -0.05) is 70.7 Å². The summed E-state index contributed by atoms with van der Waals surface area (Å²) in [6, 6.07) is 16.8. The molecule has 46 heavy (non-hydrogen) atoms. The van der Waals surface area contributed by atoms with Gasteiger partial charge in [0.25, 0.3) is 5.91 Å². The van der Waals surface area contributed by atoms with E-state index < -0.39 is 0 Å². The smallest absolute Gasteiger partial charge is 0.252 e. The largest absolute Gasteiger partial charge is 0.490 e. The minimum Gasteiger partial charge on any atom is -0.490 e. The summed E-state index contributed by atoms with van der Waals surface area (Å²) in [5.74, 6) is 1.08. The molecule has 11 heteroatoms. The molecule has 2 amide bonds. The van der Waals surface area contributed by atoms with Crippen molar-refractivity contribution in [1.82, 2.24) is 15.1 Å². The van der Waals surface area contributed by atoms with E-state index in [0.29, 0.717) is 69.8 Å². The van der Waals surface area contributed by atoms with Gasteiger partial charge in [0.05, 0.1) is 26.1 Å². The van der Waals surface area contributed by atoms with E-state index >= 15 is 0 Å². The maximum Gasteiger partial charge on any atom is 0.252 e. The number of nitrogens with one attached hydrogen (secondary N) is 1. The van der Waals surface area contributed by atoms with Crippen LogP contribution in [0.25, 0.3) is 5.57 Å². The fraction of sp³-hybridized carbons (Fsp3) is 0.371. The zero-order valence-electron chi connectivity index (χ0n) is 25.6. The number of hydrogen-bond acceptors (Lipinski definition) is 5. The molecule has 7 nitrogen and oxygen atoms in total. The second-order valence-corrected chi connectivity index (χ2v) is 13.7. The number of aryl methyl sites for hydroxylation is 1. The van der Waals surface area contributed by atoms with Gasteiger partial charge in [-0.3, -0.25) is 9.59 Å². The summed E-state index contributed by atoms with van der Waals surface area (Å²) >= 11 is 25.5. The molecular formula is C35H35Cl4N3O4. The molecule has 1 saturated heterocycles. The van der Waals surface area contributed by atoms with Crippen molar-refractivity contribution in [2.45, 2.75) is 57.8 Å². The van der Waals surface area contributed by atoms with E-state index in [2.05, 4.69) is 5.32 Å². The highest BCUT2D eigenvalue weighted by Gasteiger charge is 2.43. The Labute approximate surface area is 289 Å². The van der Waals surface area contributed by atoms with Crippen LogP contribution in [0, 0.1) is 6.92 Å². The number of carbonyl (C=O) groups excluding carboxylic acids is 2. The fourth-order valence-corrected chi connectivity index (χ4v) is 7.35. The predicted molar refractivity (Wildman–Crippen MR) is 183 cm³/mol. The van der Waals surface area contributed by atoms with Gasteiger partial charge in [-0.2, -0.15) is 0 Å². The second kappa shape index (κ2) is 14.0. The van der Waals surface area contributed by atoms with Gasteiger partial charge in [0.2, 0.25) is 5.91 Å². The summed E-state index contributed by atoms with van der Waals surface area (Å²) in [6.45, 7) is 5.45. The monoisotopic (exact) mass is 701 g/mol. The molecule has 2 fully saturated rings. The van der Waals surface area contributed by atoms with Gasteiger partial charge in [-0.05, 0) is 78.8 Å². The number of carbonyl (C=O) groups is 2. The lowest BCUT2D eigenvalue weighted by molar-refractivity contribution is -0.132. The Morgan fingerprint density at radius 2 is 1.63 bits per heavy atom. The van der Waals surface area contributed by atoms with Gasteiger partial charge in [-0.25, -0.2) is 0 Å². The van der Waals surface area contributed by atoms with Crippen LogP contribution in [-0.2, 0) is 16.1 Å². The van der Waals surface area contributed by atoms with Gasteiger partial charge in [0.1, 0.15) is 19.0 Å². The van der Waals surface area contributed by atoms with Crippen LogP contribution in [0.5, 0.6) is 11.5 Å². The summed E-state index contributed by atoms with van der Waals surface area (Å²) in [5.41, 5.74) is 4.40. The Bertz CT molecular complexity index is 1650. The van der Waals surface area contributed by atoms with Crippen LogP contribution in [0.4, 0.5) is 0 Å². The Balaban J connectivity index is 1.23. The highest BCUT2D eigenvalue weighted by atomic mass is 35.5. The lowest BCUT2D eigenvalue weighted by atomic mass is 9.82. The third-order valence-electron chi connectivity index (χ3n) is 8.65. The second-order valence-electron chi connectivity index (χ2n) is 12.1. The first-order valence-electron chi connectivity index (χ1n) is 15.4. The van der Waals surface area contributed by atoms with Gasteiger partial charge in [0.15, 0.2) is 5.75 Å². The average Bonchev–Trinajstić information content (AvgIpc) is 3.86. The first-order valence-corrected chi connectivity index (χ1v) is 16.9. The average molecular weight is 703 g/mol. The number of fused-ring (bicyclic) bond motifs is 2. The number of piperazine rings is 1. The van der Waals surface area contributed by atoms with E-state index in [1.807, 2.05) is 53.1 Å². The first-order chi connectivity index (χ1) is 22.1. The maximum absolute atomic E-state index is 14.6. The number of halogens is 4. The molecular weight excluding hydrogens is 668 g/mol. The van der Waals surface area contributed by atoms with Crippen molar-refractivity contribution in [3.63, 3.8) is 0 Å². The van der Waals surface area contributed by atoms with E-state index in [9.17, 15) is 9.59 Å². The normalized spacial score (nSPS) is 19.2. The van der Waals surface area contributed by atoms with E-state index in [0.717, 1.165) is 35.1 Å². The third-order valence-corrected chi connectivity index (χ3v) is 10.1. The van der Waals surface area contributed by atoms with Gasteiger partial charge < -0.3 is 24.6 Å². The van der Waals surface area contributed by atoms with E-state index in [1.165, 1.54) is 0 Å². The van der Waals surface area contributed by atoms with Crippen LogP contribution in [0.2, 0.25) is 20.1 Å². The quantitative estimate of drug-likeness (QED) is 0.220. The van der Waals surface area contributed by atoms with Crippen molar-refractivity contribution in [3.05, 3.63) is 97.0 Å². The van der Waals surface area contributed by atoms with E-state index in [4.69, 9.17) is 55.9 Å². The Hall–Kier alpha value is -2.94. The molecule has 6 rings (SSSR count). The molecule has 1 unspecified atom stereocenters. The summed E-state index contributed by atoms with van der Waals surface area (Å²) in [4.78, 5) is 30.7. The van der Waals surface area contributed by atoms with Crippen molar-refractivity contribution in [3.8, 4) is 11.5 Å². The third kappa shape index (κ3) is 7.29. The Morgan fingerprint density at radius 1 is 0.935 bits per heavy atom. The molecule has 0 spiro atoms. The SMILES string of the molecule is CC(=O)N1CC2CC(c3ccc(OCCOc4c(Cl)cc(C)cc4Cl)cc3)=C(C(=O)N(Cc3cccc(Cl)c3Cl)C3CC3)[C@@H](C1)N2. The molecule has 3 aliphatic rings. The Morgan fingerprint density at radius 3 is 2.30 bits per heavy atom. The first kappa shape index (κ1) is 33.0. The van der Waals surface area contributed by atoms with Crippen molar-refractivity contribution in [2.24, 2.45) is 0 Å². The summed E-state index contributed by atoms with van der Waals surface area (Å²) < 4.78 is 11.7. The van der Waals surface area contributed by atoms with Gasteiger partial charge in [0, 0.05) is 44.2 Å². The predicted octanol–water partition coefficient (Wildman–Crippen LogP) is 7.60. The lowest BCUT2D eigenvalue weighted by Gasteiger charge is -2.44. The van der Waals surface area contributed by atoms with Crippen molar-refractivity contribution in [2.75, 3.05) is 26.3 Å². The van der Waals surface area contributed by atoms with Crippen molar-refractivity contribution < 1.29 is 19.1 Å². The van der Waals surface area contributed by atoms with E-state index in [1.54, 1.807) is 25.1 Å². The molecule has 2 heterocycles. The topological polar surface area (TPSA) is 71.1 Å². The van der Waals surface area contributed by atoms with Crippen LogP contribution in [0.1, 0.15) is 42.9 Å². The maximum atomic E-state index is 14.6. The number of amides is 2. The number of hydrogen-bond donors (Lipinski definition) is 1. The fourth-order valence-electron chi connectivity index (χ4n) is 6.27. The highest BCUT2D eigenvalue weighted by Crippen LogP contribution is 2.39. The number of benzene rings is 3. The minimum absolute atomic E-state index is 0.00825. The molecule has 1 aliphatic carbocycles. The number of ether oxygens (including phenoxy) is 2. The number of rotatable bonds is 10. The highest BCUT2D eigenvalue weighted by molar-refractivity contribution is 6.42. The Kier molecular flexibility index (Phi) is 10.1. The van der Waals surface area contributed by atoms with Crippen LogP contribution < -0.4 is 14.8 Å². The molecule has 2 bridgehead atoms. The van der Waals surface area contributed by atoms with Crippen LogP contribution in [0.15, 0.2) is 60.2 Å². The molecule has 0 aromatic heterocycles. The van der Waals surface area contributed by atoms with E-state index in [-0.39, 0.29) is 36.5 Å². The molecule has 1 N–H and O–H groups in total. The molecule has 2 atom stereocenters. The minimum atomic E-state index is -0.288. The number of nitrogens with zero attached hydrogens (tertiary/aromatic N) is 2. The molecule has 3 aromatic rings. The standard InChI is InChI=1S/C35H35Cl4N3O4/c1-20-14-29(37)34(30(38)15-20)46-13-12-45-26-10-6-22(7-11-26)27-16-24-18-41(21(2)43)19-31(40-24)32(27)35(44)42(25-8-9-25)17-23-4-3-5-28(36)33(23)39/h3-7,10-11,14-15,24-25,31,40H,8-9,12-13,16-19H2,1-2H3/t24?,31-/m1/s1. The molecule has 2 aliphatic heterocycles. The van der Waals surface area contributed by atoms with Crippen LogP contribution >= 0.6 is 46.4 Å². The molecule has 242 valence electrons. The molecule has 1 saturated carbocycles. The van der Waals surface area contributed by atoms with Crippen molar-refractivity contribution >= 4 is 63.8 Å². The zero-order chi connectivity index (χ0) is 32.5. The van der Waals surface area contributed by atoms with Crippen LogP contribution in [-0.4, -0.2) is 66.0 Å². The summed E-state index contributed by atoms with van der Waals surface area (Å²) in [5, 5.41) is 5.48. The summed E-state index contributed by atoms with van der Waals surface area (Å²) in [6.07, 6.45) is 2.49. The zero-order valence-corrected chi connectivity index (χ0v) is 28.6. The van der Waals surface area contributed by atoms with Gasteiger partial charge in [-0.15, -0.1) is 0 Å². The molecule has 3 aromatic carbocycles.